The minimum atomic E-state index is -1.04. The summed E-state index contributed by atoms with van der Waals surface area (Å²) in [7, 11) is 0. The smallest absolute Gasteiger partial charge is 0.253 e. The molecule has 0 aliphatic heterocycles. The van der Waals surface area contributed by atoms with Gasteiger partial charge in [-0.2, -0.15) is 0 Å². The van der Waals surface area contributed by atoms with Gasteiger partial charge in [-0.1, -0.05) is 12.8 Å². The summed E-state index contributed by atoms with van der Waals surface area (Å²) in [6.07, 6.45) is 3.65. The van der Waals surface area contributed by atoms with E-state index in [0.29, 0.717) is 6.54 Å². The monoisotopic (exact) mass is 368 g/mol. The van der Waals surface area contributed by atoms with Crippen molar-refractivity contribution in [2.75, 3.05) is 6.54 Å². The Morgan fingerprint density at radius 1 is 1.30 bits per heavy atom. The highest BCUT2D eigenvalue weighted by Crippen LogP contribution is 2.29. The van der Waals surface area contributed by atoms with Crippen molar-refractivity contribution < 1.29 is 13.6 Å². The van der Waals surface area contributed by atoms with E-state index < -0.39 is 23.1 Å². The van der Waals surface area contributed by atoms with Crippen molar-refractivity contribution in [2.24, 2.45) is 5.73 Å². The molecule has 1 saturated carbocycles. The lowest BCUT2D eigenvalue weighted by atomic mass is 9.97. The maximum absolute atomic E-state index is 13.2. The maximum Gasteiger partial charge on any atom is 0.253 e. The average molecular weight is 370 g/mol. The second kappa shape index (κ2) is 6.83. The van der Waals surface area contributed by atoms with Crippen LogP contribution in [0.1, 0.15) is 36.0 Å². The molecular formula is C13H16BrClF2N2O. The zero-order chi connectivity index (χ0) is 14.0. The van der Waals surface area contributed by atoms with Gasteiger partial charge in [0.05, 0.1) is 11.1 Å². The molecule has 1 amide bonds. The standard InChI is InChI=1S/C13H15BrF2N2O.ClH/c14-9-6-11(16)10(15)5-8(9)12(19)18-13(7-17)3-1-2-4-13;/h5-6H,1-4,7,17H2,(H,18,19);1H. The van der Waals surface area contributed by atoms with Gasteiger partial charge in [0.25, 0.3) is 5.91 Å². The van der Waals surface area contributed by atoms with Crippen molar-refractivity contribution in [3.63, 3.8) is 0 Å². The highest BCUT2D eigenvalue weighted by Gasteiger charge is 2.34. The molecule has 7 heteroatoms. The van der Waals surface area contributed by atoms with Crippen LogP contribution in [-0.2, 0) is 0 Å². The van der Waals surface area contributed by atoms with Crippen LogP contribution in [0.4, 0.5) is 8.78 Å². The predicted octanol–water partition coefficient (Wildman–Crippen LogP) is 3.15. The Hall–Kier alpha value is -0.720. The van der Waals surface area contributed by atoms with Gasteiger partial charge in [-0.05, 0) is 40.9 Å². The maximum atomic E-state index is 13.2. The Morgan fingerprint density at radius 3 is 2.40 bits per heavy atom. The van der Waals surface area contributed by atoms with E-state index in [1.54, 1.807) is 0 Å². The van der Waals surface area contributed by atoms with Crippen LogP contribution in [-0.4, -0.2) is 18.0 Å². The molecule has 3 nitrogen and oxygen atoms in total. The minimum Gasteiger partial charge on any atom is -0.345 e. The Kier molecular flexibility index (Phi) is 5.91. The average Bonchev–Trinajstić information content (AvgIpc) is 2.83. The van der Waals surface area contributed by atoms with Crippen molar-refractivity contribution >= 4 is 34.2 Å². The molecule has 3 N–H and O–H groups in total. The number of hydrogen-bond donors (Lipinski definition) is 2. The van der Waals surface area contributed by atoms with Gasteiger partial charge in [0.1, 0.15) is 0 Å². The summed E-state index contributed by atoms with van der Waals surface area (Å²) in [4.78, 5) is 12.2. The minimum absolute atomic E-state index is 0. The molecule has 0 aromatic heterocycles. The molecular weight excluding hydrogens is 354 g/mol. The molecule has 0 unspecified atom stereocenters. The molecule has 112 valence electrons. The van der Waals surface area contributed by atoms with Gasteiger partial charge in [-0.3, -0.25) is 4.79 Å². The third kappa shape index (κ3) is 3.48. The van der Waals surface area contributed by atoms with Crippen LogP contribution in [0.5, 0.6) is 0 Å². The summed E-state index contributed by atoms with van der Waals surface area (Å²) >= 11 is 3.07. The van der Waals surface area contributed by atoms with Crippen molar-refractivity contribution in [1.29, 1.82) is 0 Å². The van der Waals surface area contributed by atoms with Gasteiger partial charge in [-0.25, -0.2) is 8.78 Å². The second-order valence-electron chi connectivity index (χ2n) is 4.89. The van der Waals surface area contributed by atoms with E-state index in [1.807, 2.05) is 0 Å². The van der Waals surface area contributed by atoms with E-state index in [1.165, 1.54) is 0 Å². The van der Waals surface area contributed by atoms with Crippen LogP contribution in [0.25, 0.3) is 0 Å². The summed E-state index contributed by atoms with van der Waals surface area (Å²) < 4.78 is 26.5. The molecule has 0 heterocycles. The van der Waals surface area contributed by atoms with Crippen molar-refractivity contribution in [3.8, 4) is 0 Å². The molecule has 1 aliphatic rings. The van der Waals surface area contributed by atoms with Gasteiger partial charge in [0, 0.05) is 11.0 Å². The van der Waals surface area contributed by atoms with Crippen LogP contribution in [0.2, 0.25) is 0 Å². The van der Waals surface area contributed by atoms with E-state index in [0.717, 1.165) is 37.8 Å². The molecule has 0 atom stereocenters. The Bertz CT molecular complexity index is 507. The fourth-order valence-electron chi connectivity index (χ4n) is 2.44. The van der Waals surface area contributed by atoms with Crippen molar-refractivity contribution in [3.05, 3.63) is 33.8 Å². The fourth-order valence-corrected chi connectivity index (χ4v) is 2.93. The quantitative estimate of drug-likeness (QED) is 0.804. The Morgan fingerprint density at radius 2 is 1.85 bits per heavy atom. The van der Waals surface area contributed by atoms with Crippen LogP contribution < -0.4 is 11.1 Å². The van der Waals surface area contributed by atoms with E-state index in [9.17, 15) is 13.6 Å². The lowest BCUT2D eigenvalue weighted by Crippen LogP contribution is -2.51. The third-order valence-electron chi connectivity index (χ3n) is 3.58. The SMILES string of the molecule is Cl.NCC1(NC(=O)c2cc(F)c(F)cc2Br)CCCC1. The highest BCUT2D eigenvalue weighted by atomic mass is 79.9. The topological polar surface area (TPSA) is 55.1 Å². The van der Waals surface area contributed by atoms with E-state index in [2.05, 4.69) is 21.2 Å². The van der Waals surface area contributed by atoms with E-state index in [-0.39, 0.29) is 22.4 Å². The number of nitrogens with two attached hydrogens (primary N) is 1. The van der Waals surface area contributed by atoms with Gasteiger partial charge in [-0.15, -0.1) is 12.4 Å². The molecule has 0 saturated heterocycles. The van der Waals surface area contributed by atoms with Crippen LogP contribution in [0.3, 0.4) is 0 Å². The lowest BCUT2D eigenvalue weighted by molar-refractivity contribution is 0.0901. The third-order valence-corrected chi connectivity index (χ3v) is 4.24. The van der Waals surface area contributed by atoms with Crippen LogP contribution in [0, 0.1) is 11.6 Å². The molecule has 20 heavy (non-hydrogen) atoms. The van der Waals surface area contributed by atoms with Crippen molar-refractivity contribution in [1.82, 2.24) is 5.32 Å². The number of benzene rings is 1. The number of hydrogen-bond acceptors (Lipinski definition) is 2. The van der Waals surface area contributed by atoms with Gasteiger partial charge >= 0.3 is 0 Å². The first-order valence-corrected chi connectivity index (χ1v) is 6.94. The van der Waals surface area contributed by atoms with E-state index in [4.69, 9.17) is 5.73 Å². The van der Waals surface area contributed by atoms with Crippen LogP contribution in [0.15, 0.2) is 16.6 Å². The van der Waals surface area contributed by atoms with Gasteiger partial charge in [0.2, 0.25) is 0 Å². The first-order chi connectivity index (χ1) is 8.97. The first kappa shape index (κ1) is 17.3. The normalized spacial score (nSPS) is 16.6. The molecule has 0 spiro atoms. The number of carbonyl (C=O) groups is 1. The Balaban J connectivity index is 0.00000200. The summed E-state index contributed by atoms with van der Waals surface area (Å²) in [5, 5.41) is 2.86. The number of halogens is 4. The first-order valence-electron chi connectivity index (χ1n) is 6.14. The molecule has 1 aliphatic carbocycles. The zero-order valence-corrected chi connectivity index (χ0v) is 13.1. The number of amides is 1. The molecule has 0 bridgehead atoms. The molecule has 1 fully saturated rings. The van der Waals surface area contributed by atoms with Crippen LogP contribution >= 0.6 is 28.3 Å². The summed E-state index contributed by atoms with van der Waals surface area (Å²) in [5.74, 6) is -2.46. The largest absolute Gasteiger partial charge is 0.345 e. The second-order valence-corrected chi connectivity index (χ2v) is 5.75. The molecule has 0 radical (unpaired) electrons. The summed E-state index contributed by atoms with van der Waals surface area (Å²) in [6, 6.07) is 1.85. The van der Waals surface area contributed by atoms with Crippen molar-refractivity contribution in [2.45, 2.75) is 31.2 Å². The number of rotatable bonds is 3. The van der Waals surface area contributed by atoms with E-state index >= 15 is 0 Å². The van der Waals surface area contributed by atoms with Gasteiger partial charge < -0.3 is 11.1 Å². The number of carbonyl (C=O) groups excluding carboxylic acids is 1. The number of nitrogens with one attached hydrogen (secondary N) is 1. The molecule has 1 aromatic carbocycles. The Labute approximate surface area is 130 Å². The zero-order valence-electron chi connectivity index (χ0n) is 10.7. The summed E-state index contributed by atoms with van der Waals surface area (Å²) in [6.45, 7) is 0.347. The predicted molar refractivity (Wildman–Crippen MR) is 79.0 cm³/mol. The summed E-state index contributed by atoms with van der Waals surface area (Å²) in [5.41, 5.74) is 5.39. The lowest BCUT2D eigenvalue weighted by Gasteiger charge is -2.28. The fraction of sp³-hybridized carbons (Fsp3) is 0.462. The van der Waals surface area contributed by atoms with Gasteiger partial charge in [0.15, 0.2) is 11.6 Å². The molecule has 2 rings (SSSR count). The highest BCUT2D eigenvalue weighted by molar-refractivity contribution is 9.10. The molecule has 1 aromatic rings.